The van der Waals surface area contributed by atoms with Crippen LogP contribution in [-0.4, -0.2) is 58.8 Å². The highest BCUT2D eigenvalue weighted by molar-refractivity contribution is 5.95. The molecule has 5 rings (SSSR count). The molecule has 3 aromatic rings. The largest absolute Gasteiger partial charge is 0.489 e. The minimum absolute atomic E-state index is 0.0786. The van der Waals surface area contributed by atoms with Crippen molar-refractivity contribution in [1.82, 2.24) is 20.0 Å². The summed E-state index contributed by atoms with van der Waals surface area (Å²) >= 11 is 0. The molecule has 9 heteroatoms. The van der Waals surface area contributed by atoms with Gasteiger partial charge in [0.25, 0.3) is 0 Å². The number of ether oxygens (including phenoxy) is 2. The molecular weight excluding hydrogens is 420 g/mol. The monoisotopic (exact) mass is 446 g/mol. The second-order valence-corrected chi connectivity index (χ2v) is 8.05. The third kappa shape index (κ3) is 4.07. The minimum Gasteiger partial charge on any atom is -0.489 e. The lowest BCUT2D eigenvalue weighted by molar-refractivity contribution is -0.116. The van der Waals surface area contributed by atoms with Crippen molar-refractivity contribution >= 4 is 17.5 Å². The summed E-state index contributed by atoms with van der Waals surface area (Å²) in [5.74, 6) is 2.46. The molecule has 2 aliphatic heterocycles. The van der Waals surface area contributed by atoms with Crippen LogP contribution in [0.2, 0.25) is 0 Å². The fourth-order valence-electron chi connectivity index (χ4n) is 4.42. The van der Waals surface area contributed by atoms with Gasteiger partial charge in [-0.25, -0.2) is 0 Å². The quantitative estimate of drug-likeness (QED) is 0.582. The number of nitrogens with one attached hydrogen (secondary N) is 1. The molecule has 0 aliphatic carbocycles. The fraction of sp³-hybridized carbons (Fsp3) is 0.333. The first-order valence-corrected chi connectivity index (χ1v) is 11.0. The lowest BCUT2D eigenvalue weighted by Gasteiger charge is -2.27. The molecule has 0 saturated carbocycles. The number of aryl methyl sites for hydroxylation is 1. The number of hydrogen-bond acceptors (Lipinski definition) is 7. The Hall–Kier alpha value is -3.72. The molecule has 0 radical (unpaired) electrons. The van der Waals surface area contributed by atoms with Crippen molar-refractivity contribution in [3.8, 4) is 11.6 Å². The van der Waals surface area contributed by atoms with Crippen molar-refractivity contribution in [2.24, 2.45) is 0 Å². The number of carbonyl (C=O) groups excluding carboxylic acids is 1. The van der Waals surface area contributed by atoms with E-state index in [0.717, 1.165) is 41.5 Å². The lowest BCUT2D eigenvalue weighted by Crippen LogP contribution is -2.36. The fourth-order valence-corrected chi connectivity index (χ4v) is 4.42. The SMILES string of the molecule is C=CCOc1ccccc1C1CC(=O)Nc2c1c(C)nn2-c1ccc(N2CCOCC2)nn1. The van der Waals surface area contributed by atoms with Crippen LogP contribution in [0.3, 0.4) is 0 Å². The Morgan fingerprint density at radius 2 is 1.94 bits per heavy atom. The van der Waals surface area contributed by atoms with Gasteiger partial charge in [-0.15, -0.1) is 10.2 Å². The Kier molecular flexibility index (Phi) is 5.78. The summed E-state index contributed by atoms with van der Waals surface area (Å²) < 4.78 is 13.0. The van der Waals surface area contributed by atoms with Crippen molar-refractivity contribution in [3.05, 3.63) is 65.9 Å². The number of hydrogen-bond donors (Lipinski definition) is 1. The third-order valence-corrected chi connectivity index (χ3v) is 5.94. The van der Waals surface area contributed by atoms with Gasteiger partial charge in [-0.05, 0) is 25.1 Å². The third-order valence-electron chi connectivity index (χ3n) is 5.94. The van der Waals surface area contributed by atoms with E-state index in [1.54, 1.807) is 10.8 Å². The van der Waals surface area contributed by atoms with Gasteiger partial charge in [0.15, 0.2) is 11.6 Å². The normalized spacial score (nSPS) is 17.9. The molecule has 0 spiro atoms. The molecule has 2 aromatic heterocycles. The molecule has 9 nitrogen and oxygen atoms in total. The van der Waals surface area contributed by atoms with E-state index in [1.165, 1.54) is 0 Å². The second kappa shape index (κ2) is 9.03. The summed E-state index contributed by atoms with van der Waals surface area (Å²) in [5, 5.41) is 16.5. The zero-order chi connectivity index (χ0) is 22.8. The molecule has 1 saturated heterocycles. The van der Waals surface area contributed by atoms with Crippen LogP contribution in [0.1, 0.15) is 29.2 Å². The Bertz CT molecular complexity index is 1170. The first-order valence-electron chi connectivity index (χ1n) is 11.0. The van der Waals surface area contributed by atoms with Gasteiger partial charge in [-0.2, -0.15) is 9.78 Å². The maximum Gasteiger partial charge on any atom is 0.226 e. The summed E-state index contributed by atoms with van der Waals surface area (Å²) in [6.45, 7) is 9.01. The maximum atomic E-state index is 12.7. The number of nitrogens with zero attached hydrogens (tertiary/aromatic N) is 5. The molecule has 2 aliphatic rings. The van der Waals surface area contributed by atoms with Crippen LogP contribution in [0.25, 0.3) is 5.82 Å². The van der Waals surface area contributed by atoms with Crippen LogP contribution >= 0.6 is 0 Å². The Morgan fingerprint density at radius 1 is 1.18 bits per heavy atom. The minimum atomic E-state index is -0.177. The van der Waals surface area contributed by atoms with Gasteiger partial charge in [0.05, 0.1) is 18.9 Å². The summed E-state index contributed by atoms with van der Waals surface area (Å²) in [5.41, 5.74) is 2.74. The van der Waals surface area contributed by atoms with Gasteiger partial charge < -0.3 is 19.7 Å². The number of benzene rings is 1. The van der Waals surface area contributed by atoms with Crippen LogP contribution in [0, 0.1) is 6.92 Å². The number of rotatable bonds is 6. The van der Waals surface area contributed by atoms with E-state index < -0.39 is 0 Å². The molecule has 4 heterocycles. The van der Waals surface area contributed by atoms with E-state index in [0.29, 0.717) is 37.9 Å². The predicted octanol–water partition coefficient (Wildman–Crippen LogP) is 2.85. The molecule has 1 aromatic carbocycles. The van der Waals surface area contributed by atoms with Crippen LogP contribution in [0.5, 0.6) is 5.75 Å². The predicted molar refractivity (Wildman–Crippen MR) is 124 cm³/mol. The molecule has 1 atom stereocenters. The Morgan fingerprint density at radius 3 is 2.70 bits per heavy atom. The first kappa shape index (κ1) is 21.1. The van der Waals surface area contributed by atoms with Gasteiger partial charge in [0.2, 0.25) is 5.91 Å². The number of carbonyl (C=O) groups is 1. The van der Waals surface area contributed by atoms with E-state index >= 15 is 0 Å². The number of para-hydroxylation sites is 1. The highest BCUT2D eigenvalue weighted by Crippen LogP contribution is 2.43. The lowest BCUT2D eigenvalue weighted by atomic mass is 9.85. The smallest absolute Gasteiger partial charge is 0.226 e. The Balaban J connectivity index is 1.51. The topological polar surface area (TPSA) is 94.4 Å². The molecule has 1 N–H and O–H groups in total. The highest BCUT2D eigenvalue weighted by atomic mass is 16.5. The zero-order valence-electron chi connectivity index (χ0n) is 18.5. The molecular formula is C24H26N6O3. The first-order chi connectivity index (χ1) is 16.2. The summed E-state index contributed by atoms with van der Waals surface area (Å²) in [6, 6.07) is 11.6. The standard InChI is InChI=1S/C24H26N6O3/c1-3-12-33-19-7-5-4-6-17(19)18-15-22(31)25-24-23(18)16(2)28-30(24)21-9-8-20(26-27-21)29-10-13-32-14-11-29/h3-9,18H,1,10-15H2,2H3,(H,25,31). The van der Waals surface area contributed by atoms with Crippen LogP contribution in [-0.2, 0) is 9.53 Å². The van der Waals surface area contributed by atoms with Gasteiger partial charge in [-0.3, -0.25) is 4.79 Å². The van der Waals surface area contributed by atoms with Gasteiger partial charge in [0.1, 0.15) is 18.2 Å². The maximum absolute atomic E-state index is 12.7. The summed E-state index contributed by atoms with van der Waals surface area (Å²) in [7, 11) is 0. The van der Waals surface area contributed by atoms with Crippen molar-refractivity contribution in [2.75, 3.05) is 43.1 Å². The average molecular weight is 447 g/mol. The van der Waals surface area contributed by atoms with Crippen molar-refractivity contribution in [3.63, 3.8) is 0 Å². The van der Waals surface area contributed by atoms with Gasteiger partial charge in [0, 0.05) is 36.6 Å². The number of aromatic nitrogens is 4. The number of fused-ring (bicyclic) bond motifs is 1. The van der Waals surface area contributed by atoms with Crippen molar-refractivity contribution in [1.29, 1.82) is 0 Å². The number of morpholine rings is 1. The van der Waals surface area contributed by atoms with E-state index in [2.05, 4.69) is 27.0 Å². The van der Waals surface area contributed by atoms with Crippen molar-refractivity contribution < 1.29 is 14.3 Å². The average Bonchev–Trinajstić information content (AvgIpc) is 3.19. The number of amides is 1. The molecule has 170 valence electrons. The van der Waals surface area contributed by atoms with Crippen LogP contribution in [0.15, 0.2) is 49.1 Å². The molecule has 1 fully saturated rings. The van der Waals surface area contributed by atoms with Gasteiger partial charge in [-0.1, -0.05) is 30.9 Å². The molecule has 0 bridgehead atoms. The second-order valence-electron chi connectivity index (χ2n) is 8.05. The van der Waals surface area contributed by atoms with E-state index in [4.69, 9.17) is 14.6 Å². The van der Waals surface area contributed by atoms with Crippen molar-refractivity contribution in [2.45, 2.75) is 19.3 Å². The highest BCUT2D eigenvalue weighted by Gasteiger charge is 2.34. The van der Waals surface area contributed by atoms with E-state index in [9.17, 15) is 4.79 Å². The molecule has 1 amide bonds. The van der Waals surface area contributed by atoms with Crippen LogP contribution < -0.4 is 15.0 Å². The van der Waals surface area contributed by atoms with Gasteiger partial charge >= 0.3 is 0 Å². The summed E-state index contributed by atoms with van der Waals surface area (Å²) in [6.07, 6.45) is 2.02. The van der Waals surface area contributed by atoms with E-state index in [-0.39, 0.29) is 11.8 Å². The summed E-state index contributed by atoms with van der Waals surface area (Å²) in [4.78, 5) is 14.9. The van der Waals surface area contributed by atoms with Crippen LogP contribution in [0.4, 0.5) is 11.6 Å². The van der Waals surface area contributed by atoms with E-state index in [1.807, 2.05) is 43.3 Å². The Labute approximate surface area is 192 Å². The number of anilines is 2. The zero-order valence-corrected chi connectivity index (χ0v) is 18.5. The molecule has 1 unspecified atom stereocenters. The molecule has 33 heavy (non-hydrogen) atoms.